The summed E-state index contributed by atoms with van der Waals surface area (Å²) in [5, 5.41) is 1.01. The van der Waals surface area contributed by atoms with Crippen molar-refractivity contribution in [3.05, 3.63) is 41.7 Å². The molecule has 2 N–H and O–H groups in total. The fraction of sp³-hybridized carbons (Fsp3) is 0.400. The van der Waals surface area contributed by atoms with Crippen LogP contribution in [-0.2, 0) is 13.5 Å². The molecule has 0 saturated carbocycles. The van der Waals surface area contributed by atoms with E-state index in [2.05, 4.69) is 37.0 Å². The van der Waals surface area contributed by atoms with Crippen molar-refractivity contribution in [2.45, 2.75) is 42.8 Å². The zero-order chi connectivity index (χ0) is 13.8. The summed E-state index contributed by atoms with van der Waals surface area (Å²) in [6.07, 6.45) is 5.76. The van der Waals surface area contributed by atoms with Crippen LogP contribution in [0.25, 0.3) is 0 Å². The number of imidazole rings is 1. The van der Waals surface area contributed by atoms with Gasteiger partial charge < -0.3 is 10.3 Å². The maximum Gasteiger partial charge on any atom is 0.172 e. The summed E-state index contributed by atoms with van der Waals surface area (Å²) >= 11 is 1.70. The molecule has 102 valence electrons. The van der Waals surface area contributed by atoms with Crippen LogP contribution in [-0.4, -0.2) is 15.6 Å². The van der Waals surface area contributed by atoms with Crippen LogP contribution >= 0.6 is 11.8 Å². The molecule has 1 unspecified atom stereocenters. The molecule has 4 heteroatoms. The molecule has 0 fully saturated rings. The molecule has 1 atom stereocenters. The molecule has 0 spiro atoms. The smallest absolute Gasteiger partial charge is 0.172 e. The number of hydrogen-bond donors (Lipinski definition) is 1. The Kier molecular flexibility index (Phi) is 4.66. The summed E-state index contributed by atoms with van der Waals surface area (Å²) in [4.78, 5) is 5.60. The van der Waals surface area contributed by atoms with Gasteiger partial charge in [-0.1, -0.05) is 30.8 Å². The Morgan fingerprint density at radius 1 is 1.42 bits per heavy atom. The number of rotatable bonds is 5. The molecule has 1 heterocycles. The van der Waals surface area contributed by atoms with E-state index in [9.17, 15) is 0 Å². The van der Waals surface area contributed by atoms with Gasteiger partial charge in [-0.25, -0.2) is 4.98 Å². The van der Waals surface area contributed by atoms with Crippen LogP contribution in [0.5, 0.6) is 0 Å². The van der Waals surface area contributed by atoms with Crippen LogP contribution in [0.15, 0.2) is 40.6 Å². The second-order valence-electron chi connectivity index (χ2n) is 4.90. The van der Waals surface area contributed by atoms with Crippen molar-refractivity contribution in [3.8, 4) is 0 Å². The van der Waals surface area contributed by atoms with Gasteiger partial charge in [0.25, 0.3) is 0 Å². The fourth-order valence-electron chi connectivity index (χ4n) is 1.95. The lowest BCUT2D eigenvalue weighted by molar-refractivity contribution is 0.646. The van der Waals surface area contributed by atoms with Crippen LogP contribution in [0, 0.1) is 6.92 Å². The number of aryl methyl sites for hydroxylation is 2. The van der Waals surface area contributed by atoms with Crippen LogP contribution in [0.1, 0.15) is 24.5 Å². The zero-order valence-electron chi connectivity index (χ0n) is 11.8. The molecule has 1 aromatic carbocycles. The average Bonchev–Trinajstić information content (AvgIpc) is 2.78. The van der Waals surface area contributed by atoms with Crippen molar-refractivity contribution in [2.75, 3.05) is 0 Å². The molecule has 0 aliphatic rings. The van der Waals surface area contributed by atoms with Crippen molar-refractivity contribution < 1.29 is 0 Å². The van der Waals surface area contributed by atoms with E-state index < -0.39 is 0 Å². The quantitative estimate of drug-likeness (QED) is 0.911. The maximum atomic E-state index is 6.00. The van der Waals surface area contributed by atoms with Crippen molar-refractivity contribution in [2.24, 2.45) is 12.8 Å². The van der Waals surface area contributed by atoms with Crippen molar-refractivity contribution in [1.29, 1.82) is 0 Å². The highest BCUT2D eigenvalue weighted by atomic mass is 32.2. The first-order valence-corrected chi connectivity index (χ1v) is 7.42. The average molecular weight is 275 g/mol. The first-order chi connectivity index (χ1) is 9.10. The predicted molar refractivity (Wildman–Crippen MR) is 80.5 cm³/mol. The minimum atomic E-state index is 0.257. The maximum absolute atomic E-state index is 6.00. The van der Waals surface area contributed by atoms with Gasteiger partial charge in [-0.15, -0.1) is 0 Å². The molecule has 1 aromatic heterocycles. The lowest BCUT2D eigenvalue weighted by Gasteiger charge is -2.11. The first kappa shape index (κ1) is 14.2. The molecular formula is C15H21N3S. The Hall–Kier alpha value is -1.26. The van der Waals surface area contributed by atoms with E-state index in [1.165, 1.54) is 16.0 Å². The minimum Gasteiger partial charge on any atom is -0.329 e. The van der Waals surface area contributed by atoms with Crippen molar-refractivity contribution >= 4 is 11.8 Å². The Morgan fingerprint density at radius 3 is 2.79 bits per heavy atom. The lowest BCUT2D eigenvalue weighted by Crippen LogP contribution is -2.21. The third kappa shape index (κ3) is 3.61. The second kappa shape index (κ2) is 6.26. The Bertz CT molecular complexity index is 548. The van der Waals surface area contributed by atoms with Gasteiger partial charge in [0.2, 0.25) is 0 Å². The van der Waals surface area contributed by atoms with Crippen LogP contribution in [0.3, 0.4) is 0 Å². The summed E-state index contributed by atoms with van der Waals surface area (Å²) in [7, 11) is 2.01. The van der Waals surface area contributed by atoms with E-state index in [4.69, 9.17) is 5.73 Å². The SMILES string of the molecule is CCC(N)Cc1ccc(Sc2nccn2C)c(C)c1. The lowest BCUT2D eigenvalue weighted by atomic mass is 10.0. The molecule has 2 aromatic rings. The minimum absolute atomic E-state index is 0.257. The van der Waals surface area contributed by atoms with E-state index in [1.54, 1.807) is 11.8 Å². The van der Waals surface area contributed by atoms with Crippen LogP contribution < -0.4 is 5.73 Å². The highest BCUT2D eigenvalue weighted by Crippen LogP contribution is 2.29. The highest BCUT2D eigenvalue weighted by molar-refractivity contribution is 7.99. The first-order valence-electron chi connectivity index (χ1n) is 6.60. The summed E-state index contributed by atoms with van der Waals surface area (Å²) in [6.45, 7) is 4.27. The van der Waals surface area contributed by atoms with Crippen molar-refractivity contribution in [1.82, 2.24) is 9.55 Å². The predicted octanol–water partition coefficient (Wildman–Crippen LogP) is 3.16. The van der Waals surface area contributed by atoms with Gasteiger partial charge >= 0.3 is 0 Å². The molecular weight excluding hydrogens is 254 g/mol. The van der Waals surface area contributed by atoms with E-state index in [-0.39, 0.29) is 6.04 Å². The molecule has 0 aliphatic carbocycles. The Balaban J connectivity index is 2.13. The number of nitrogens with two attached hydrogens (primary N) is 1. The molecule has 0 radical (unpaired) electrons. The summed E-state index contributed by atoms with van der Waals surface area (Å²) in [5.41, 5.74) is 8.61. The van der Waals surface area contributed by atoms with Crippen molar-refractivity contribution in [3.63, 3.8) is 0 Å². The number of hydrogen-bond acceptors (Lipinski definition) is 3. The van der Waals surface area contributed by atoms with Gasteiger partial charge in [0.1, 0.15) is 0 Å². The number of benzene rings is 1. The molecule has 2 rings (SSSR count). The fourth-order valence-corrected chi connectivity index (χ4v) is 2.82. The normalized spacial score (nSPS) is 12.6. The van der Waals surface area contributed by atoms with Gasteiger partial charge in [0.05, 0.1) is 0 Å². The zero-order valence-corrected chi connectivity index (χ0v) is 12.6. The van der Waals surface area contributed by atoms with Crippen LogP contribution in [0.4, 0.5) is 0 Å². The monoisotopic (exact) mass is 275 g/mol. The third-order valence-corrected chi connectivity index (χ3v) is 4.49. The molecule has 0 saturated heterocycles. The van der Waals surface area contributed by atoms with Gasteiger partial charge in [-0.2, -0.15) is 0 Å². The molecule has 3 nitrogen and oxygen atoms in total. The topological polar surface area (TPSA) is 43.8 Å². The van der Waals surface area contributed by atoms with Crippen LogP contribution in [0.2, 0.25) is 0 Å². The standard InChI is InChI=1S/C15H21N3S/c1-4-13(16)10-12-5-6-14(11(2)9-12)19-15-17-7-8-18(15)3/h5-9,13H,4,10,16H2,1-3H3. The van der Waals surface area contributed by atoms with E-state index >= 15 is 0 Å². The van der Waals surface area contributed by atoms with E-state index in [0.717, 1.165) is 18.0 Å². The van der Waals surface area contributed by atoms with Gasteiger partial charge in [0, 0.05) is 30.4 Å². The molecule has 0 bridgehead atoms. The Morgan fingerprint density at radius 2 is 2.21 bits per heavy atom. The third-order valence-electron chi connectivity index (χ3n) is 3.24. The summed E-state index contributed by atoms with van der Waals surface area (Å²) < 4.78 is 2.03. The molecule has 0 amide bonds. The largest absolute Gasteiger partial charge is 0.329 e. The summed E-state index contributed by atoms with van der Waals surface area (Å²) in [5.74, 6) is 0. The number of aromatic nitrogens is 2. The van der Waals surface area contributed by atoms with E-state index in [1.807, 2.05) is 24.0 Å². The van der Waals surface area contributed by atoms with Gasteiger partial charge in [-0.05, 0) is 37.0 Å². The van der Waals surface area contributed by atoms with Gasteiger partial charge in [-0.3, -0.25) is 0 Å². The molecule has 0 aliphatic heterocycles. The Labute approximate surface area is 119 Å². The number of nitrogens with zero attached hydrogens (tertiary/aromatic N) is 2. The second-order valence-corrected chi connectivity index (χ2v) is 5.90. The summed E-state index contributed by atoms with van der Waals surface area (Å²) in [6, 6.07) is 6.84. The molecule has 19 heavy (non-hydrogen) atoms. The van der Waals surface area contributed by atoms with Gasteiger partial charge in [0.15, 0.2) is 5.16 Å². The highest BCUT2D eigenvalue weighted by Gasteiger charge is 2.07. The van der Waals surface area contributed by atoms with E-state index in [0.29, 0.717) is 0 Å².